The summed E-state index contributed by atoms with van der Waals surface area (Å²) in [6.45, 7) is 2.04. The van der Waals surface area contributed by atoms with Gasteiger partial charge in [-0.15, -0.1) is 16.4 Å². The third-order valence-corrected chi connectivity index (χ3v) is 5.87. The molecule has 2 heterocycles. The summed E-state index contributed by atoms with van der Waals surface area (Å²) in [6.07, 6.45) is 0. The molecular formula is C20H18N6O2S2. The van der Waals surface area contributed by atoms with Crippen LogP contribution >= 0.6 is 23.1 Å². The molecule has 152 valence electrons. The Labute approximate surface area is 181 Å². The molecule has 2 aromatic heterocycles. The fraction of sp³-hybridized carbons (Fsp3) is 0.150. The second-order valence-corrected chi connectivity index (χ2v) is 8.11. The third kappa shape index (κ3) is 4.66. The Balaban J connectivity index is 1.37. The van der Waals surface area contributed by atoms with Gasteiger partial charge in [0.2, 0.25) is 11.1 Å². The van der Waals surface area contributed by atoms with E-state index in [1.807, 2.05) is 60.8 Å². The summed E-state index contributed by atoms with van der Waals surface area (Å²) in [5.41, 5.74) is 3.83. The Kier molecular flexibility index (Phi) is 6.05. The van der Waals surface area contributed by atoms with Crippen molar-refractivity contribution in [2.75, 3.05) is 18.2 Å². The molecule has 0 unspecified atom stereocenters. The molecule has 0 saturated heterocycles. The molecule has 0 spiro atoms. The number of benzene rings is 2. The largest absolute Gasteiger partial charge is 0.497 e. The monoisotopic (exact) mass is 438 g/mol. The van der Waals surface area contributed by atoms with Crippen LogP contribution in [0.25, 0.3) is 16.9 Å². The molecule has 10 heteroatoms. The smallest absolute Gasteiger partial charge is 0.236 e. The quantitative estimate of drug-likeness (QED) is 0.438. The molecule has 0 aliphatic heterocycles. The van der Waals surface area contributed by atoms with Crippen molar-refractivity contribution in [1.29, 1.82) is 0 Å². The fourth-order valence-electron chi connectivity index (χ4n) is 2.63. The zero-order chi connectivity index (χ0) is 20.9. The molecule has 30 heavy (non-hydrogen) atoms. The summed E-state index contributed by atoms with van der Waals surface area (Å²) < 4.78 is 6.74. The highest BCUT2D eigenvalue weighted by atomic mass is 32.2. The molecule has 1 amide bonds. The van der Waals surface area contributed by atoms with E-state index in [-0.39, 0.29) is 11.7 Å². The molecule has 0 radical (unpaired) electrons. The number of hydrogen-bond donors (Lipinski definition) is 1. The molecule has 8 nitrogen and oxygen atoms in total. The van der Waals surface area contributed by atoms with E-state index in [1.165, 1.54) is 28.7 Å². The molecule has 0 bridgehead atoms. The normalized spacial score (nSPS) is 10.7. The lowest BCUT2D eigenvalue weighted by molar-refractivity contribution is -0.113. The van der Waals surface area contributed by atoms with Crippen LogP contribution in [-0.4, -0.2) is 44.0 Å². The van der Waals surface area contributed by atoms with Crippen LogP contribution in [-0.2, 0) is 4.79 Å². The Hall–Kier alpha value is -3.24. The molecule has 0 aliphatic carbocycles. The van der Waals surface area contributed by atoms with Crippen molar-refractivity contribution in [1.82, 2.24) is 25.2 Å². The van der Waals surface area contributed by atoms with Gasteiger partial charge in [0.25, 0.3) is 0 Å². The van der Waals surface area contributed by atoms with Crippen LogP contribution < -0.4 is 10.1 Å². The number of rotatable bonds is 7. The SMILES string of the molecule is COc1ccc(-n2nnnc2SCC(=O)Nc2nc(-c3ccc(C)cc3)cs2)cc1. The number of thiazole rings is 1. The summed E-state index contributed by atoms with van der Waals surface area (Å²) in [6, 6.07) is 15.5. The van der Waals surface area contributed by atoms with E-state index in [0.29, 0.717) is 10.3 Å². The minimum absolute atomic E-state index is 0.163. The molecule has 0 aliphatic rings. The number of thioether (sulfide) groups is 1. The zero-order valence-electron chi connectivity index (χ0n) is 16.3. The number of hydrogen-bond acceptors (Lipinski definition) is 8. The lowest BCUT2D eigenvalue weighted by atomic mass is 10.1. The summed E-state index contributed by atoms with van der Waals surface area (Å²) in [5, 5.41) is 17.6. The predicted octanol–water partition coefficient (Wildman–Crippen LogP) is 3.83. The van der Waals surface area contributed by atoms with E-state index < -0.39 is 0 Å². The number of methoxy groups -OCH3 is 1. The molecule has 4 aromatic rings. The topological polar surface area (TPSA) is 94.8 Å². The molecule has 2 aromatic carbocycles. The van der Waals surface area contributed by atoms with E-state index in [1.54, 1.807) is 11.8 Å². The van der Waals surface area contributed by atoms with Gasteiger partial charge in [-0.3, -0.25) is 4.79 Å². The molecule has 0 saturated carbocycles. The average molecular weight is 439 g/mol. The van der Waals surface area contributed by atoms with Crippen molar-refractivity contribution >= 4 is 34.1 Å². The fourth-order valence-corrected chi connectivity index (χ4v) is 4.05. The number of carbonyl (C=O) groups excluding carboxylic acids is 1. The minimum atomic E-state index is -0.172. The zero-order valence-corrected chi connectivity index (χ0v) is 17.9. The van der Waals surface area contributed by atoms with Gasteiger partial charge in [-0.05, 0) is 41.6 Å². The highest BCUT2D eigenvalue weighted by Gasteiger charge is 2.13. The third-order valence-electron chi connectivity index (χ3n) is 4.19. The maximum absolute atomic E-state index is 12.4. The molecule has 0 fully saturated rings. The highest BCUT2D eigenvalue weighted by Crippen LogP contribution is 2.26. The van der Waals surface area contributed by atoms with Gasteiger partial charge in [-0.25, -0.2) is 4.98 Å². The van der Waals surface area contributed by atoms with Gasteiger partial charge >= 0.3 is 0 Å². The summed E-state index contributed by atoms with van der Waals surface area (Å²) in [4.78, 5) is 16.9. The van der Waals surface area contributed by atoms with Crippen LogP contribution in [0.2, 0.25) is 0 Å². The Bertz CT molecular complexity index is 1140. The van der Waals surface area contributed by atoms with E-state index in [9.17, 15) is 4.79 Å². The van der Waals surface area contributed by atoms with Gasteiger partial charge in [0.1, 0.15) is 5.75 Å². The molecule has 0 atom stereocenters. The van der Waals surface area contributed by atoms with Crippen molar-refractivity contribution in [2.45, 2.75) is 12.1 Å². The van der Waals surface area contributed by atoms with E-state index >= 15 is 0 Å². The van der Waals surface area contributed by atoms with Gasteiger partial charge in [-0.2, -0.15) is 4.68 Å². The van der Waals surface area contributed by atoms with Crippen LogP contribution in [0, 0.1) is 6.92 Å². The summed E-state index contributed by atoms with van der Waals surface area (Å²) >= 11 is 2.65. The van der Waals surface area contributed by atoms with Crippen molar-refractivity contribution < 1.29 is 9.53 Å². The van der Waals surface area contributed by atoms with Crippen LogP contribution in [0.15, 0.2) is 59.1 Å². The van der Waals surface area contributed by atoms with Gasteiger partial charge in [0, 0.05) is 10.9 Å². The Morgan fingerprint density at radius 1 is 1.17 bits per heavy atom. The van der Waals surface area contributed by atoms with Crippen molar-refractivity contribution in [3.8, 4) is 22.7 Å². The first-order valence-corrected chi connectivity index (χ1v) is 10.9. The molecule has 4 rings (SSSR count). The van der Waals surface area contributed by atoms with Crippen molar-refractivity contribution in [3.05, 3.63) is 59.5 Å². The standard InChI is InChI=1S/C20H18N6O2S2/c1-13-3-5-14(6-4-13)17-11-29-19(21-17)22-18(27)12-30-20-23-24-25-26(20)15-7-9-16(28-2)10-8-15/h3-11H,12H2,1-2H3,(H,21,22,27). The molecule has 1 N–H and O–H groups in total. The van der Waals surface area contributed by atoms with Gasteiger partial charge in [0.05, 0.1) is 24.2 Å². The van der Waals surface area contributed by atoms with E-state index in [4.69, 9.17) is 4.74 Å². The number of anilines is 1. The maximum atomic E-state index is 12.4. The first-order valence-electron chi connectivity index (χ1n) is 9.00. The number of aryl methyl sites for hydroxylation is 1. The van der Waals surface area contributed by atoms with Crippen LogP contribution in [0.4, 0.5) is 5.13 Å². The number of amides is 1. The second kappa shape index (κ2) is 9.06. The average Bonchev–Trinajstić information content (AvgIpc) is 3.42. The summed E-state index contributed by atoms with van der Waals surface area (Å²) in [7, 11) is 1.61. The predicted molar refractivity (Wildman–Crippen MR) is 117 cm³/mol. The number of tetrazole rings is 1. The number of nitrogens with zero attached hydrogens (tertiary/aromatic N) is 5. The van der Waals surface area contributed by atoms with Crippen LogP contribution in [0.1, 0.15) is 5.56 Å². The van der Waals surface area contributed by atoms with E-state index in [2.05, 4.69) is 25.8 Å². The maximum Gasteiger partial charge on any atom is 0.236 e. The van der Waals surface area contributed by atoms with Gasteiger partial charge < -0.3 is 10.1 Å². The lowest BCUT2D eigenvalue weighted by Gasteiger charge is -2.05. The number of aromatic nitrogens is 5. The first-order chi connectivity index (χ1) is 14.6. The molecular weight excluding hydrogens is 420 g/mol. The summed E-state index contributed by atoms with van der Waals surface area (Å²) in [5.74, 6) is 0.735. The van der Waals surface area contributed by atoms with Crippen LogP contribution in [0.5, 0.6) is 5.75 Å². The first kappa shape index (κ1) is 20.0. The van der Waals surface area contributed by atoms with Crippen molar-refractivity contribution in [3.63, 3.8) is 0 Å². The number of ether oxygens (including phenoxy) is 1. The van der Waals surface area contributed by atoms with Gasteiger partial charge in [0.15, 0.2) is 5.13 Å². The van der Waals surface area contributed by atoms with Crippen LogP contribution in [0.3, 0.4) is 0 Å². The highest BCUT2D eigenvalue weighted by molar-refractivity contribution is 7.99. The van der Waals surface area contributed by atoms with Gasteiger partial charge in [-0.1, -0.05) is 41.6 Å². The Morgan fingerprint density at radius 2 is 1.93 bits per heavy atom. The van der Waals surface area contributed by atoms with E-state index in [0.717, 1.165) is 22.7 Å². The minimum Gasteiger partial charge on any atom is -0.497 e. The lowest BCUT2D eigenvalue weighted by Crippen LogP contribution is -2.14. The number of nitrogens with one attached hydrogen (secondary N) is 1. The van der Waals surface area contributed by atoms with Crippen molar-refractivity contribution in [2.24, 2.45) is 0 Å². The second-order valence-electron chi connectivity index (χ2n) is 6.31. The number of carbonyl (C=O) groups is 1. The Morgan fingerprint density at radius 3 is 2.67 bits per heavy atom.